The molecule has 0 aliphatic rings. The van der Waals surface area contributed by atoms with Crippen LogP contribution in [0.4, 0.5) is 60.5 Å². The van der Waals surface area contributed by atoms with E-state index >= 15 is 0 Å². The highest BCUT2D eigenvalue weighted by atomic mass is 19.4. The molecule has 11 rings (SSSR count). The Kier molecular flexibility index (Phi) is 9.53. The van der Waals surface area contributed by atoms with Gasteiger partial charge in [0, 0.05) is 43.9 Å². The minimum Gasteiger partial charge on any atom is -0.454 e. The molecule has 2 heterocycles. The van der Waals surface area contributed by atoms with Crippen LogP contribution in [0.2, 0.25) is 0 Å². The lowest BCUT2D eigenvalue weighted by atomic mass is 9.91. The van der Waals surface area contributed by atoms with E-state index in [1.54, 1.807) is 6.08 Å². The van der Waals surface area contributed by atoms with Crippen molar-refractivity contribution in [2.75, 3.05) is 9.80 Å². The van der Waals surface area contributed by atoms with E-state index in [9.17, 15) is 26.3 Å². The minimum atomic E-state index is -4.55. The maximum absolute atomic E-state index is 14.0. The second-order valence-corrected chi connectivity index (χ2v) is 16.7. The van der Waals surface area contributed by atoms with Gasteiger partial charge in [0.2, 0.25) is 0 Å². The summed E-state index contributed by atoms with van der Waals surface area (Å²) in [5.74, 6) is 0.640. The molecule has 2 aromatic heterocycles. The van der Waals surface area contributed by atoms with Gasteiger partial charge in [-0.25, -0.2) is 0 Å². The molecule has 0 fully saturated rings. The smallest absolute Gasteiger partial charge is 0.416 e. The van der Waals surface area contributed by atoms with Crippen LogP contribution in [0.5, 0.6) is 0 Å². The van der Waals surface area contributed by atoms with Crippen LogP contribution in [0.15, 0.2) is 173 Å². The molecule has 0 spiro atoms. The number of benzene rings is 9. The molecule has 0 aliphatic heterocycles. The number of nitrogens with zero attached hydrogens (tertiary/aromatic N) is 2. The highest BCUT2D eigenvalue weighted by molar-refractivity contribution is 6.28. The number of allylic oxidation sites excluding steroid dienone is 2. The van der Waals surface area contributed by atoms with Crippen molar-refractivity contribution in [2.24, 2.45) is 0 Å². The molecule has 0 atom stereocenters. The second kappa shape index (κ2) is 15.3. The van der Waals surface area contributed by atoms with Gasteiger partial charge in [0.05, 0.1) is 33.9 Å². The standard InChI is InChI=1S/C57H38F6N2O2/c1-5-32(3)52-40(6-2)41-12-8-14-48(54(41)66-52)64(38-24-20-36(21-25-38)56(58,59)60)46-30-18-34-17-29-45-47(31-19-35-16-28-44(46)50(34)51(35)45)65(39-26-22-37(23-27-39)57(61,62)63)49-15-9-13-43-42-11-7-10-33(4)53(42)67-55(43)49/h5-31H,2H2,1,3-4H3/b32-5-. The molecule has 4 nitrogen and oxygen atoms in total. The van der Waals surface area contributed by atoms with E-state index in [1.165, 1.54) is 24.3 Å². The van der Waals surface area contributed by atoms with Gasteiger partial charge in [0.25, 0.3) is 0 Å². The number of aryl methyl sites for hydroxylation is 1. The van der Waals surface area contributed by atoms with E-state index in [0.29, 0.717) is 51.1 Å². The number of anilines is 6. The van der Waals surface area contributed by atoms with Gasteiger partial charge in [-0.1, -0.05) is 97.6 Å². The number of halogens is 6. The first kappa shape index (κ1) is 41.7. The third-order valence-electron chi connectivity index (χ3n) is 12.9. The monoisotopic (exact) mass is 896 g/mol. The first-order valence-electron chi connectivity index (χ1n) is 21.6. The van der Waals surface area contributed by atoms with Crippen molar-refractivity contribution >= 4 is 111 Å². The molecule has 11 aromatic rings. The first-order chi connectivity index (χ1) is 32.2. The summed E-state index contributed by atoms with van der Waals surface area (Å²) >= 11 is 0. The van der Waals surface area contributed by atoms with Crippen molar-refractivity contribution in [3.05, 3.63) is 192 Å². The Morgan fingerprint density at radius 1 is 0.493 bits per heavy atom. The van der Waals surface area contributed by atoms with Gasteiger partial charge in [-0.15, -0.1) is 0 Å². The zero-order valence-corrected chi connectivity index (χ0v) is 36.3. The Morgan fingerprint density at radius 3 is 1.42 bits per heavy atom. The van der Waals surface area contributed by atoms with Gasteiger partial charge in [-0.05, 0) is 126 Å². The fourth-order valence-electron chi connectivity index (χ4n) is 9.62. The maximum Gasteiger partial charge on any atom is 0.416 e. The van der Waals surface area contributed by atoms with Gasteiger partial charge in [0.15, 0.2) is 11.2 Å². The van der Waals surface area contributed by atoms with E-state index in [1.807, 2.05) is 140 Å². The first-order valence-corrected chi connectivity index (χ1v) is 21.6. The van der Waals surface area contributed by atoms with Crippen LogP contribution >= 0.6 is 0 Å². The van der Waals surface area contributed by atoms with Crippen LogP contribution in [0, 0.1) is 6.92 Å². The predicted octanol–water partition coefficient (Wildman–Crippen LogP) is 18.6. The molecule has 330 valence electrons. The number of hydrogen-bond acceptors (Lipinski definition) is 4. The van der Waals surface area contributed by atoms with Crippen molar-refractivity contribution < 1.29 is 35.2 Å². The SMILES string of the molecule is C=Cc1c(/C(C)=C\C)oc2c(N(c3ccc(C(F)(F)F)cc3)c3ccc4ccc5c(N(c6ccc(C(F)(F)F)cc6)c6cccc7c6oc6c(C)cccc67)ccc6ccc3c4c65)cccc12. The normalized spacial score (nSPS) is 12.7. The van der Waals surface area contributed by atoms with Crippen molar-refractivity contribution in [1.82, 2.24) is 0 Å². The van der Waals surface area contributed by atoms with Crippen molar-refractivity contribution in [3.63, 3.8) is 0 Å². The average molecular weight is 897 g/mol. The summed E-state index contributed by atoms with van der Waals surface area (Å²) in [6.45, 7) is 9.92. The van der Waals surface area contributed by atoms with Crippen molar-refractivity contribution in [3.8, 4) is 0 Å². The number of hydrogen-bond donors (Lipinski definition) is 0. The Balaban J connectivity index is 1.18. The molecule has 0 saturated heterocycles. The van der Waals surface area contributed by atoms with E-state index in [0.717, 1.165) is 95.0 Å². The third-order valence-corrected chi connectivity index (χ3v) is 12.9. The lowest BCUT2D eigenvalue weighted by molar-refractivity contribution is -0.138. The van der Waals surface area contributed by atoms with Gasteiger partial charge in [-0.2, -0.15) is 26.3 Å². The summed E-state index contributed by atoms with van der Waals surface area (Å²) in [4.78, 5) is 3.87. The molecule has 67 heavy (non-hydrogen) atoms. The molecule has 0 saturated carbocycles. The third kappa shape index (κ3) is 6.61. The molecule has 0 radical (unpaired) electrons. The summed E-state index contributed by atoms with van der Waals surface area (Å²) in [7, 11) is 0. The fourth-order valence-corrected chi connectivity index (χ4v) is 9.62. The van der Waals surface area contributed by atoms with E-state index < -0.39 is 23.5 Å². The van der Waals surface area contributed by atoms with Crippen LogP contribution in [-0.4, -0.2) is 0 Å². The van der Waals surface area contributed by atoms with Crippen LogP contribution < -0.4 is 9.80 Å². The Labute approximate surface area is 380 Å². The molecule has 10 heteroatoms. The Bertz CT molecular complexity index is 3780. The zero-order valence-electron chi connectivity index (χ0n) is 36.3. The van der Waals surface area contributed by atoms with E-state index in [4.69, 9.17) is 8.83 Å². The van der Waals surface area contributed by atoms with Crippen LogP contribution in [0.25, 0.3) is 76.9 Å². The van der Waals surface area contributed by atoms with Crippen LogP contribution in [0.3, 0.4) is 0 Å². The quantitative estimate of drug-likeness (QED) is 0.112. The van der Waals surface area contributed by atoms with E-state index in [-0.39, 0.29) is 0 Å². The average Bonchev–Trinajstić information content (AvgIpc) is 3.91. The van der Waals surface area contributed by atoms with E-state index in [2.05, 4.69) is 6.58 Å². The topological polar surface area (TPSA) is 32.8 Å². The highest BCUT2D eigenvalue weighted by Crippen LogP contribution is 2.51. The molecule has 0 bridgehead atoms. The summed E-state index contributed by atoms with van der Waals surface area (Å²) < 4.78 is 97.4. The molecular weight excluding hydrogens is 859 g/mol. The molecule has 9 aromatic carbocycles. The van der Waals surface area contributed by atoms with Crippen molar-refractivity contribution in [2.45, 2.75) is 33.1 Å². The molecular formula is C57H38F6N2O2. The number of alkyl halides is 6. The summed E-state index contributed by atoms with van der Waals surface area (Å²) in [6.07, 6.45) is -5.39. The maximum atomic E-state index is 14.0. The van der Waals surface area contributed by atoms with Gasteiger partial charge < -0.3 is 18.6 Å². The number of para-hydroxylation sites is 3. The lowest BCUT2D eigenvalue weighted by Gasteiger charge is -2.29. The van der Waals surface area contributed by atoms with Crippen LogP contribution in [-0.2, 0) is 12.4 Å². The largest absolute Gasteiger partial charge is 0.454 e. The second-order valence-electron chi connectivity index (χ2n) is 16.7. The summed E-state index contributed by atoms with van der Waals surface area (Å²) in [6, 6.07) is 43.7. The van der Waals surface area contributed by atoms with Gasteiger partial charge >= 0.3 is 12.4 Å². The zero-order chi connectivity index (χ0) is 46.5. The molecule has 0 aliphatic carbocycles. The number of rotatable bonds is 8. The summed E-state index contributed by atoms with van der Waals surface area (Å²) in [5, 5.41) is 7.80. The minimum absolute atomic E-state index is 0.472. The number of furan rings is 2. The fraction of sp³-hybridized carbons (Fsp3) is 0.0877. The van der Waals surface area contributed by atoms with Crippen LogP contribution in [0.1, 0.15) is 41.9 Å². The van der Waals surface area contributed by atoms with Gasteiger partial charge in [-0.3, -0.25) is 0 Å². The van der Waals surface area contributed by atoms with Crippen molar-refractivity contribution in [1.29, 1.82) is 0 Å². The highest BCUT2D eigenvalue weighted by Gasteiger charge is 2.33. The molecule has 0 amide bonds. The summed E-state index contributed by atoms with van der Waals surface area (Å²) in [5.41, 5.74) is 6.50. The number of fused-ring (bicyclic) bond motifs is 4. The molecule has 0 unspecified atom stereocenters. The predicted molar refractivity (Wildman–Crippen MR) is 261 cm³/mol. The van der Waals surface area contributed by atoms with Gasteiger partial charge in [0.1, 0.15) is 11.3 Å². The lowest BCUT2D eigenvalue weighted by Crippen LogP contribution is -2.13. The molecule has 0 N–H and O–H groups in total. The Hall–Kier alpha value is -7.98. The Morgan fingerprint density at radius 2 is 0.940 bits per heavy atom.